The molecule has 1 heterocycles. The fourth-order valence-corrected chi connectivity index (χ4v) is 3.59. The molecule has 0 aliphatic rings. The Balaban J connectivity index is 2.29. The van der Waals surface area contributed by atoms with Crippen molar-refractivity contribution in [3.63, 3.8) is 0 Å². The van der Waals surface area contributed by atoms with Gasteiger partial charge in [-0.2, -0.15) is 11.3 Å². The predicted octanol–water partition coefficient (Wildman–Crippen LogP) is 5.55. The van der Waals surface area contributed by atoms with Crippen LogP contribution in [0.2, 0.25) is 0 Å². The molecule has 0 aliphatic heterocycles. The molecule has 2 rings (SSSR count). The maximum Gasteiger partial charge on any atom is 0.133 e. The summed E-state index contributed by atoms with van der Waals surface area (Å²) < 4.78 is 6.44. The normalized spacial score (nSPS) is 12.4. The maximum atomic E-state index is 6.52. The second-order valence-electron chi connectivity index (χ2n) is 4.00. The monoisotopic (exact) mass is 344 g/mol. The van der Waals surface area contributed by atoms with Gasteiger partial charge in [0, 0.05) is 0 Å². The summed E-state index contributed by atoms with van der Waals surface area (Å²) >= 11 is 11.7. The van der Waals surface area contributed by atoms with Gasteiger partial charge in [-0.3, -0.25) is 0 Å². The van der Waals surface area contributed by atoms with Crippen molar-refractivity contribution in [2.45, 2.75) is 19.2 Å². The number of aryl methyl sites for hydroxylation is 1. The summed E-state index contributed by atoms with van der Waals surface area (Å²) in [5.41, 5.74) is 3.50. The quantitative estimate of drug-likeness (QED) is 0.660. The average molecular weight is 346 g/mol. The molecule has 18 heavy (non-hydrogen) atoms. The molecule has 1 aromatic heterocycles. The van der Waals surface area contributed by atoms with Crippen LogP contribution in [0.5, 0.6) is 5.75 Å². The Morgan fingerprint density at radius 2 is 2.17 bits per heavy atom. The molecule has 0 amide bonds. The van der Waals surface area contributed by atoms with Crippen molar-refractivity contribution in [3.05, 3.63) is 50.1 Å². The first-order chi connectivity index (χ1) is 8.63. The molecule has 0 fully saturated rings. The van der Waals surface area contributed by atoms with Crippen molar-refractivity contribution >= 4 is 38.9 Å². The molecule has 1 aromatic carbocycles. The lowest BCUT2D eigenvalue weighted by molar-refractivity contribution is 0.338. The lowest BCUT2D eigenvalue weighted by Gasteiger charge is -2.12. The van der Waals surface area contributed by atoms with Crippen molar-refractivity contribution < 1.29 is 4.74 Å². The highest BCUT2D eigenvalue weighted by Gasteiger charge is 2.15. The molecule has 0 N–H and O–H groups in total. The minimum Gasteiger partial charge on any atom is -0.493 e. The van der Waals surface area contributed by atoms with E-state index in [1.54, 1.807) is 11.3 Å². The Hall–Kier alpha value is -0.510. The van der Waals surface area contributed by atoms with Crippen LogP contribution >= 0.6 is 38.9 Å². The standard InChI is InChI=1S/C14H14BrClOS/c1-3-17-13-5-4-10(6-12(13)15)14(16)11-8-18-7-9(11)2/h4-8,14H,3H2,1-2H3. The van der Waals surface area contributed by atoms with Crippen molar-refractivity contribution in [1.82, 2.24) is 0 Å². The molecule has 0 bridgehead atoms. The SMILES string of the molecule is CCOc1ccc(C(Cl)c2cscc2C)cc1Br. The molecule has 1 unspecified atom stereocenters. The van der Waals surface area contributed by atoms with Crippen LogP contribution in [0.4, 0.5) is 0 Å². The Kier molecular flexibility index (Phi) is 4.71. The van der Waals surface area contributed by atoms with Crippen LogP contribution in [-0.4, -0.2) is 6.61 Å². The second kappa shape index (κ2) is 6.09. The second-order valence-corrected chi connectivity index (χ2v) is 6.03. The summed E-state index contributed by atoms with van der Waals surface area (Å²) in [6, 6.07) is 6.00. The van der Waals surface area contributed by atoms with Gasteiger partial charge in [0.25, 0.3) is 0 Å². The first-order valence-corrected chi connectivity index (χ1v) is 7.89. The average Bonchev–Trinajstić information content (AvgIpc) is 2.77. The summed E-state index contributed by atoms with van der Waals surface area (Å²) in [5, 5.41) is 4.12. The Labute approximate surface area is 125 Å². The highest BCUT2D eigenvalue weighted by molar-refractivity contribution is 9.10. The van der Waals surface area contributed by atoms with Gasteiger partial charge in [-0.15, -0.1) is 11.6 Å². The zero-order valence-electron chi connectivity index (χ0n) is 10.2. The van der Waals surface area contributed by atoms with E-state index in [9.17, 15) is 0 Å². The number of benzene rings is 1. The van der Waals surface area contributed by atoms with E-state index in [0.717, 1.165) is 15.8 Å². The number of rotatable bonds is 4. The van der Waals surface area contributed by atoms with E-state index < -0.39 is 0 Å². The lowest BCUT2D eigenvalue weighted by Crippen LogP contribution is -1.96. The minimum absolute atomic E-state index is 0.108. The number of halogens is 2. The van der Waals surface area contributed by atoms with E-state index in [2.05, 4.69) is 33.6 Å². The van der Waals surface area contributed by atoms with Crippen LogP contribution in [0.25, 0.3) is 0 Å². The topological polar surface area (TPSA) is 9.23 Å². The first kappa shape index (κ1) is 13.9. The lowest BCUT2D eigenvalue weighted by atomic mass is 10.0. The molecule has 0 saturated carbocycles. The smallest absolute Gasteiger partial charge is 0.133 e. The van der Waals surface area contributed by atoms with Gasteiger partial charge in [0.15, 0.2) is 0 Å². The third kappa shape index (κ3) is 2.90. The van der Waals surface area contributed by atoms with E-state index in [1.807, 2.05) is 25.1 Å². The number of thiophene rings is 1. The van der Waals surface area contributed by atoms with Crippen LogP contribution in [0.3, 0.4) is 0 Å². The molecule has 4 heteroatoms. The summed E-state index contributed by atoms with van der Waals surface area (Å²) in [4.78, 5) is 0. The number of hydrogen-bond donors (Lipinski definition) is 0. The first-order valence-electron chi connectivity index (χ1n) is 5.72. The van der Waals surface area contributed by atoms with Gasteiger partial charge in [-0.05, 0) is 69.4 Å². The third-order valence-corrected chi connectivity index (χ3v) is 4.70. The van der Waals surface area contributed by atoms with Gasteiger partial charge in [-0.1, -0.05) is 6.07 Å². The molecule has 96 valence electrons. The zero-order chi connectivity index (χ0) is 13.1. The van der Waals surface area contributed by atoms with Crippen LogP contribution < -0.4 is 4.74 Å². The van der Waals surface area contributed by atoms with E-state index in [1.165, 1.54) is 11.1 Å². The number of ether oxygens (including phenoxy) is 1. The molecular weight excluding hydrogens is 332 g/mol. The van der Waals surface area contributed by atoms with E-state index in [-0.39, 0.29) is 5.38 Å². The predicted molar refractivity (Wildman–Crippen MR) is 82.1 cm³/mol. The number of alkyl halides is 1. The van der Waals surface area contributed by atoms with E-state index in [4.69, 9.17) is 16.3 Å². The van der Waals surface area contributed by atoms with Crippen molar-refractivity contribution in [2.75, 3.05) is 6.61 Å². The molecule has 0 aliphatic carbocycles. The van der Waals surface area contributed by atoms with Gasteiger partial charge in [0.2, 0.25) is 0 Å². The highest BCUT2D eigenvalue weighted by Crippen LogP contribution is 2.36. The summed E-state index contributed by atoms with van der Waals surface area (Å²) in [7, 11) is 0. The highest BCUT2D eigenvalue weighted by atomic mass is 79.9. The summed E-state index contributed by atoms with van der Waals surface area (Å²) in [6.07, 6.45) is 0. The third-order valence-electron chi connectivity index (χ3n) is 2.72. The molecule has 0 saturated heterocycles. The molecule has 0 radical (unpaired) electrons. The van der Waals surface area contributed by atoms with Crippen molar-refractivity contribution in [2.24, 2.45) is 0 Å². The molecule has 1 atom stereocenters. The summed E-state index contributed by atoms with van der Waals surface area (Å²) in [6.45, 7) is 4.72. The molecule has 2 aromatic rings. The van der Waals surface area contributed by atoms with Crippen LogP contribution in [0.15, 0.2) is 33.4 Å². The number of hydrogen-bond acceptors (Lipinski definition) is 2. The van der Waals surface area contributed by atoms with Crippen LogP contribution in [-0.2, 0) is 0 Å². The Morgan fingerprint density at radius 1 is 1.39 bits per heavy atom. The van der Waals surface area contributed by atoms with Crippen molar-refractivity contribution in [3.8, 4) is 5.75 Å². The Bertz CT molecular complexity index is 538. The van der Waals surface area contributed by atoms with E-state index >= 15 is 0 Å². The van der Waals surface area contributed by atoms with Gasteiger partial charge < -0.3 is 4.74 Å². The van der Waals surface area contributed by atoms with Crippen LogP contribution in [0, 0.1) is 6.92 Å². The molecular formula is C14H14BrClOS. The fourth-order valence-electron chi connectivity index (χ4n) is 1.76. The van der Waals surface area contributed by atoms with Gasteiger partial charge >= 0.3 is 0 Å². The summed E-state index contributed by atoms with van der Waals surface area (Å²) in [5.74, 6) is 0.854. The maximum absolute atomic E-state index is 6.52. The van der Waals surface area contributed by atoms with Crippen molar-refractivity contribution in [1.29, 1.82) is 0 Å². The van der Waals surface area contributed by atoms with Gasteiger partial charge in [0.1, 0.15) is 5.75 Å². The zero-order valence-corrected chi connectivity index (χ0v) is 13.4. The molecule has 1 nitrogen and oxygen atoms in total. The largest absolute Gasteiger partial charge is 0.493 e. The van der Waals surface area contributed by atoms with Gasteiger partial charge in [-0.25, -0.2) is 0 Å². The fraction of sp³-hybridized carbons (Fsp3) is 0.286. The van der Waals surface area contributed by atoms with Crippen LogP contribution in [0.1, 0.15) is 29.0 Å². The van der Waals surface area contributed by atoms with Gasteiger partial charge in [0.05, 0.1) is 16.5 Å². The minimum atomic E-state index is -0.108. The Morgan fingerprint density at radius 3 is 2.72 bits per heavy atom. The van der Waals surface area contributed by atoms with E-state index in [0.29, 0.717) is 6.61 Å². The molecule has 0 spiro atoms.